The fourth-order valence-electron chi connectivity index (χ4n) is 3.13. The molecule has 0 spiro atoms. The van der Waals surface area contributed by atoms with Crippen molar-refractivity contribution >= 4 is 23.4 Å². The molecule has 1 unspecified atom stereocenters. The average molecular weight is 390 g/mol. The van der Waals surface area contributed by atoms with E-state index in [1.54, 1.807) is 18.0 Å². The van der Waals surface area contributed by atoms with Crippen molar-refractivity contribution in [3.63, 3.8) is 0 Å². The van der Waals surface area contributed by atoms with Gasteiger partial charge in [-0.3, -0.25) is 4.57 Å². The number of thioether (sulfide) groups is 1. The maximum absolute atomic E-state index is 6.29. The number of hydrogen-bond donors (Lipinski definition) is 0. The van der Waals surface area contributed by atoms with Gasteiger partial charge in [0.25, 0.3) is 0 Å². The number of hydrogen-bond acceptors (Lipinski definition) is 5. The zero-order valence-electron chi connectivity index (χ0n) is 14.5. The molecule has 0 N–H and O–H groups in total. The Labute approximate surface area is 161 Å². The predicted octanol–water partition coefficient (Wildman–Crippen LogP) is 4.97. The Kier molecular flexibility index (Phi) is 5.33. The van der Waals surface area contributed by atoms with Crippen LogP contribution in [0.3, 0.4) is 0 Å². The minimum atomic E-state index is 0.205. The fourth-order valence-corrected chi connectivity index (χ4v) is 4.36. The third-order valence-corrected chi connectivity index (χ3v) is 5.93. The molecule has 0 bridgehead atoms. The molecule has 26 heavy (non-hydrogen) atoms. The van der Waals surface area contributed by atoms with Crippen LogP contribution in [0.4, 0.5) is 0 Å². The second-order valence-corrected chi connectivity index (χ2v) is 7.67. The number of furan rings is 1. The molecule has 1 atom stereocenters. The van der Waals surface area contributed by atoms with Crippen LogP contribution in [0.25, 0.3) is 11.4 Å². The van der Waals surface area contributed by atoms with Gasteiger partial charge in [0.15, 0.2) is 11.0 Å². The summed E-state index contributed by atoms with van der Waals surface area (Å²) < 4.78 is 13.4. The maximum Gasteiger partial charge on any atom is 0.191 e. The van der Waals surface area contributed by atoms with E-state index in [1.165, 1.54) is 0 Å². The third-order valence-electron chi connectivity index (χ3n) is 4.54. The van der Waals surface area contributed by atoms with E-state index in [2.05, 4.69) is 14.8 Å². The minimum Gasteiger partial charge on any atom is -0.469 e. The van der Waals surface area contributed by atoms with Crippen LogP contribution < -0.4 is 0 Å². The van der Waals surface area contributed by atoms with Crippen LogP contribution >= 0.6 is 23.4 Å². The van der Waals surface area contributed by atoms with E-state index in [0.29, 0.717) is 0 Å². The van der Waals surface area contributed by atoms with Crippen LogP contribution in [0, 0.1) is 6.92 Å². The number of ether oxygens (including phenoxy) is 1. The molecule has 4 rings (SSSR count). The van der Waals surface area contributed by atoms with Crippen LogP contribution in [0.1, 0.15) is 24.2 Å². The number of aryl methyl sites for hydroxylation is 1. The SMILES string of the molecule is Cc1occc1-c1nnc(SCc2ccccc2Cl)n1CC1CCCO1. The fraction of sp³-hybridized carbons (Fsp3) is 0.368. The molecule has 2 aromatic heterocycles. The van der Waals surface area contributed by atoms with E-state index in [4.69, 9.17) is 20.8 Å². The van der Waals surface area contributed by atoms with Gasteiger partial charge in [0.1, 0.15) is 5.76 Å². The van der Waals surface area contributed by atoms with Crippen molar-refractivity contribution in [1.82, 2.24) is 14.8 Å². The van der Waals surface area contributed by atoms with Gasteiger partial charge in [-0.2, -0.15) is 0 Å². The molecule has 136 valence electrons. The molecule has 5 nitrogen and oxygen atoms in total. The van der Waals surface area contributed by atoms with E-state index in [1.807, 2.05) is 37.3 Å². The van der Waals surface area contributed by atoms with Crippen LogP contribution in [0.15, 0.2) is 46.2 Å². The van der Waals surface area contributed by atoms with Crippen molar-refractivity contribution in [2.75, 3.05) is 6.61 Å². The van der Waals surface area contributed by atoms with Gasteiger partial charge in [0.2, 0.25) is 0 Å². The third kappa shape index (κ3) is 3.68. The average Bonchev–Trinajstić information content (AvgIpc) is 3.37. The Hall–Kier alpha value is -1.76. The normalized spacial score (nSPS) is 17.1. The summed E-state index contributed by atoms with van der Waals surface area (Å²) in [7, 11) is 0. The lowest BCUT2D eigenvalue weighted by molar-refractivity contribution is 0.0953. The number of nitrogens with zero attached hydrogens (tertiary/aromatic N) is 3. The summed E-state index contributed by atoms with van der Waals surface area (Å²) in [6.45, 7) is 3.52. The molecule has 0 aliphatic carbocycles. The first-order chi connectivity index (χ1) is 12.7. The Morgan fingerprint density at radius 2 is 2.15 bits per heavy atom. The Bertz CT molecular complexity index is 887. The second kappa shape index (κ2) is 7.86. The number of aromatic nitrogens is 3. The Morgan fingerprint density at radius 3 is 2.88 bits per heavy atom. The van der Waals surface area contributed by atoms with Crippen LogP contribution in [0.2, 0.25) is 5.02 Å². The molecule has 0 amide bonds. The first-order valence-electron chi connectivity index (χ1n) is 8.68. The first kappa shape index (κ1) is 17.6. The summed E-state index contributed by atoms with van der Waals surface area (Å²) in [4.78, 5) is 0. The quantitative estimate of drug-likeness (QED) is 0.557. The van der Waals surface area contributed by atoms with Gasteiger partial charge in [-0.25, -0.2) is 0 Å². The summed E-state index contributed by atoms with van der Waals surface area (Å²) in [5.41, 5.74) is 2.06. The lowest BCUT2D eigenvalue weighted by Crippen LogP contribution is -2.16. The van der Waals surface area contributed by atoms with Crippen molar-refractivity contribution in [2.45, 2.75) is 43.3 Å². The molecule has 3 heterocycles. The zero-order chi connectivity index (χ0) is 17.9. The highest BCUT2D eigenvalue weighted by atomic mass is 35.5. The number of benzene rings is 1. The number of rotatable bonds is 6. The van der Waals surface area contributed by atoms with Gasteiger partial charge < -0.3 is 9.15 Å². The lowest BCUT2D eigenvalue weighted by Gasteiger charge is -2.14. The summed E-state index contributed by atoms with van der Waals surface area (Å²) in [5.74, 6) is 2.41. The first-order valence-corrected chi connectivity index (χ1v) is 10.0. The molecular formula is C19H20ClN3O2S. The van der Waals surface area contributed by atoms with E-state index >= 15 is 0 Å². The molecule has 0 saturated carbocycles. The standard InChI is InChI=1S/C19H20ClN3O2S/c1-13-16(8-10-24-13)18-21-22-19(23(18)11-15-6-4-9-25-15)26-12-14-5-2-3-7-17(14)20/h2-3,5,7-8,10,15H,4,6,9,11-12H2,1H3. The topological polar surface area (TPSA) is 53.1 Å². The van der Waals surface area contributed by atoms with Crippen LogP contribution in [-0.2, 0) is 17.0 Å². The smallest absolute Gasteiger partial charge is 0.191 e. The monoisotopic (exact) mass is 389 g/mol. The van der Waals surface area contributed by atoms with Gasteiger partial charge >= 0.3 is 0 Å². The lowest BCUT2D eigenvalue weighted by atomic mass is 10.2. The molecular weight excluding hydrogens is 370 g/mol. The maximum atomic E-state index is 6.29. The van der Waals surface area contributed by atoms with E-state index < -0.39 is 0 Å². The van der Waals surface area contributed by atoms with E-state index in [-0.39, 0.29) is 6.10 Å². The molecule has 1 fully saturated rings. The molecule has 1 saturated heterocycles. The minimum absolute atomic E-state index is 0.205. The summed E-state index contributed by atoms with van der Waals surface area (Å²) in [6, 6.07) is 9.83. The highest BCUT2D eigenvalue weighted by Gasteiger charge is 2.23. The Morgan fingerprint density at radius 1 is 1.27 bits per heavy atom. The van der Waals surface area contributed by atoms with Crippen LogP contribution in [-0.4, -0.2) is 27.5 Å². The molecule has 1 aliphatic rings. The largest absolute Gasteiger partial charge is 0.469 e. The van der Waals surface area contributed by atoms with Gasteiger partial charge in [-0.1, -0.05) is 41.6 Å². The van der Waals surface area contributed by atoms with Gasteiger partial charge in [0, 0.05) is 17.4 Å². The van der Waals surface area contributed by atoms with Crippen molar-refractivity contribution in [3.8, 4) is 11.4 Å². The van der Waals surface area contributed by atoms with Crippen molar-refractivity contribution in [1.29, 1.82) is 0 Å². The summed E-state index contributed by atoms with van der Waals surface area (Å²) in [6.07, 6.45) is 4.06. The van der Waals surface area contributed by atoms with Crippen molar-refractivity contribution in [2.24, 2.45) is 0 Å². The zero-order valence-corrected chi connectivity index (χ0v) is 16.1. The summed E-state index contributed by atoms with van der Waals surface area (Å²) >= 11 is 7.93. The number of halogens is 1. The van der Waals surface area contributed by atoms with Crippen molar-refractivity contribution < 1.29 is 9.15 Å². The Balaban J connectivity index is 1.62. The summed E-state index contributed by atoms with van der Waals surface area (Å²) in [5, 5.41) is 10.5. The highest BCUT2D eigenvalue weighted by Crippen LogP contribution is 2.31. The predicted molar refractivity (Wildman–Crippen MR) is 102 cm³/mol. The van der Waals surface area contributed by atoms with E-state index in [0.717, 1.165) is 64.6 Å². The van der Waals surface area contributed by atoms with Gasteiger partial charge in [-0.05, 0) is 37.5 Å². The highest BCUT2D eigenvalue weighted by molar-refractivity contribution is 7.98. The van der Waals surface area contributed by atoms with Gasteiger partial charge in [-0.15, -0.1) is 10.2 Å². The van der Waals surface area contributed by atoms with E-state index in [9.17, 15) is 0 Å². The molecule has 0 radical (unpaired) electrons. The molecule has 1 aliphatic heterocycles. The van der Waals surface area contributed by atoms with Gasteiger partial charge in [0.05, 0.1) is 24.5 Å². The molecule has 3 aromatic rings. The van der Waals surface area contributed by atoms with Crippen molar-refractivity contribution in [3.05, 3.63) is 52.9 Å². The van der Waals surface area contributed by atoms with Crippen LogP contribution in [0.5, 0.6) is 0 Å². The second-order valence-electron chi connectivity index (χ2n) is 6.32. The molecule has 7 heteroatoms. The molecule has 1 aromatic carbocycles.